The van der Waals surface area contributed by atoms with E-state index in [4.69, 9.17) is 50.6 Å². The van der Waals surface area contributed by atoms with Crippen LogP contribution in [0.1, 0.15) is 17.0 Å². The van der Waals surface area contributed by atoms with Crippen LogP contribution in [0.3, 0.4) is 0 Å². The highest BCUT2D eigenvalue weighted by atomic mass is 35.5. The second-order valence-corrected chi connectivity index (χ2v) is 8.62. The number of benzene rings is 2. The summed E-state index contributed by atoms with van der Waals surface area (Å²) in [5, 5.41) is 1.96. The van der Waals surface area contributed by atoms with Crippen LogP contribution in [-0.4, -0.2) is 21.3 Å². The molecule has 0 saturated carbocycles. The molecule has 3 nitrogen and oxygen atoms in total. The van der Waals surface area contributed by atoms with Gasteiger partial charge in [0.25, 0.3) is 10.1 Å². The van der Waals surface area contributed by atoms with Crippen LogP contribution in [0.2, 0.25) is 20.1 Å². The Morgan fingerprint density at radius 1 is 0.958 bits per heavy atom. The largest absolute Gasteiger partial charge is 0.270 e. The first kappa shape index (κ1) is 19.8. The SMILES string of the molecule is CS(=O)(=O)OC[C@H](Cc1ccc(Cl)cc1Cl)c1ccc(Cl)cc1Cl. The zero-order chi connectivity index (χ0) is 17.9. The molecule has 0 fully saturated rings. The van der Waals surface area contributed by atoms with Crippen LogP contribution in [0.15, 0.2) is 36.4 Å². The first-order valence-corrected chi connectivity index (χ1v) is 10.2. The molecule has 0 aliphatic heterocycles. The van der Waals surface area contributed by atoms with Gasteiger partial charge < -0.3 is 0 Å². The summed E-state index contributed by atoms with van der Waals surface area (Å²) in [4.78, 5) is 0. The Hall–Kier alpha value is -0.490. The van der Waals surface area contributed by atoms with Crippen molar-refractivity contribution in [2.45, 2.75) is 12.3 Å². The highest BCUT2D eigenvalue weighted by Gasteiger charge is 2.20. The van der Waals surface area contributed by atoms with E-state index in [1.807, 2.05) is 0 Å². The normalized spacial score (nSPS) is 13.0. The smallest absolute Gasteiger partial charge is 0.264 e. The molecule has 2 aromatic carbocycles. The van der Waals surface area contributed by atoms with Crippen LogP contribution >= 0.6 is 46.4 Å². The van der Waals surface area contributed by atoms with Crippen LogP contribution in [-0.2, 0) is 20.7 Å². The van der Waals surface area contributed by atoms with Crippen molar-refractivity contribution in [2.75, 3.05) is 12.9 Å². The molecule has 0 unspecified atom stereocenters. The Morgan fingerprint density at radius 2 is 1.54 bits per heavy atom. The quantitative estimate of drug-likeness (QED) is 0.563. The van der Waals surface area contributed by atoms with Gasteiger partial charge in [0.15, 0.2) is 0 Å². The lowest BCUT2D eigenvalue weighted by Gasteiger charge is -2.19. The molecule has 8 heteroatoms. The molecule has 0 aromatic heterocycles. The molecule has 0 aliphatic rings. The minimum atomic E-state index is -3.58. The summed E-state index contributed by atoms with van der Waals surface area (Å²) in [7, 11) is -3.58. The van der Waals surface area contributed by atoms with E-state index in [0.29, 0.717) is 26.5 Å². The van der Waals surface area contributed by atoms with Crippen molar-refractivity contribution in [1.82, 2.24) is 0 Å². The molecule has 2 rings (SSSR count). The zero-order valence-electron chi connectivity index (χ0n) is 12.6. The number of hydrogen-bond donors (Lipinski definition) is 0. The third-order valence-corrected chi connectivity index (χ3v) is 5.08. The maximum Gasteiger partial charge on any atom is 0.264 e. The van der Waals surface area contributed by atoms with Crippen molar-refractivity contribution in [3.8, 4) is 0 Å². The van der Waals surface area contributed by atoms with Gasteiger partial charge in [-0.05, 0) is 41.8 Å². The Bertz CT molecular complexity index is 837. The fourth-order valence-electron chi connectivity index (χ4n) is 2.25. The van der Waals surface area contributed by atoms with Crippen molar-refractivity contribution >= 4 is 56.5 Å². The Labute approximate surface area is 161 Å². The van der Waals surface area contributed by atoms with E-state index >= 15 is 0 Å². The zero-order valence-corrected chi connectivity index (χ0v) is 16.4. The third kappa shape index (κ3) is 5.80. The van der Waals surface area contributed by atoms with E-state index in [9.17, 15) is 8.42 Å². The summed E-state index contributed by atoms with van der Waals surface area (Å²) in [5.41, 5.74) is 1.55. The topological polar surface area (TPSA) is 43.4 Å². The number of rotatable bonds is 6. The molecule has 2 aromatic rings. The average molecular weight is 428 g/mol. The van der Waals surface area contributed by atoms with Crippen molar-refractivity contribution in [3.05, 3.63) is 67.6 Å². The summed E-state index contributed by atoms with van der Waals surface area (Å²) < 4.78 is 27.7. The van der Waals surface area contributed by atoms with Crippen LogP contribution in [0.5, 0.6) is 0 Å². The molecule has 0 amide bonds. The highest BCUT2D eigenvalue weighted by molar-refractivity contribution is 7.85. The molecule has 0 saturated heterocycles. The van der Waals surface area contributed by atoms with Crippen LogP contribution in [0, 0.1) is 0 Å². The van der Waals surface area contributed by atoms with Crippen LogP contribution < -0.4 is 0 Å². The van der Waals surface area contributed by atoms with Gasteiger partial charge >= 0.3 is 0 Å². The van der Waals surface area contributed by atoms with E-state index in [0.717, 1.165) is 17.4 Å². The summed E-state index contributed by atoms with van der Waals surface area (Å²) in [5.74, 6) is -0.317. The van der Waals surface area contributed by atoms with E-state index in [1.54, 1.807) is 36.4 Å². The number of halogens is 4. The molecule has 0 aliphatic carbocycles. The summed E-state index contributed by atoms with van der Waals surface area (Å²) in [6.45, 7) is -0.0564. The molecule has 0 radical (unpaired) electrons. The highest BCUT2D eigenvalue weighted by Crippen LogP contribution is 2.33. The van der Waals surface area contributed by atoms with E-state index < -0.39 is 10.1 Å². The summed E-state index contributed by atoms with van der Waals surface area (Å²) >= 11 is 24.3. The van der Waals surface area contributed by atoms with Gasteiger partial charge in [0.2, 0.25) is 0 Å². The van der Waals surface area contributed by atoms with Gasteiger partial charge in [0.1, 0.15) is 0 Å². The first-order valence-electron chi connectivity index (χ1n) is 6.89. The lowest BCUT2D eigenvalue weighted by molar-refractivity contribution is 0.293. The van der Waals surface area contributed by atoms with Gasteiger partial charge in [0, 0.05) is 26.0 Å². The standard InChI is InChI=1S/C16H14Cl4O3S/c1-24(21,22)23-9-11(14-5-4-13(18)8-16(14)20)6-10-2-3-12(17)7-15(10)19/h2-5,7-8,11H,6,9H2,1H3/t11-/m0/s1. The Kier molecular flexibility index (Phi) is 6.82. The van der Waals surface area contributed by atoms with E-state index in [2.05, 4.69) is 0 Å². The van der Waals surface area contributed by atoms with Gasteiger partial charge in [0.05, 0.1) is 12.9 Å². The van der Waals surface area contributed by atoms with Gasteiger partial charge in [-0.15, -0.1) is 0 Å². The third-order valence-electron chi connectivity index (χ3n) is 3.37. The monoisotopic (exact) mass is 426 g/mol. The minimum absolute atomic E-state index is 0.0564. The lowest BCUT2D eigenvalue weighted by atomic mass is 9.92. The molecule has 0 heterocycles. The molecular weight excluding hydrogens is 414 g/mol. The molecule has 0 N–H and O–H groups in total. The summed E-state index contributed by atoms with van der Waals surface area (Å²) in [6, 6.07) is 10.2. The maximum absolute atomic E-state index is 11.4. The Balaban J connectivity index is 2.34. The van der Waals surface area contributed by atoms with Crippen molar-refractivity contribution in [2.24, 2.45) is 0 Å². The molecule has 130 valence electrons. The molecule has 0 spiro atoms. The average Bonchev–Trinajstić information content (AvgIpc) is 2.45. The van der Waals surface area contributed by atoms with E-state index in [-0.39, 0.29) is 12.5 Å². The van der Waals surface area contributed by atoms with Crippen molar-refractivity contribution in [3.63, 3.8) is 0 Å². The fraction of sp³-hybridized carbons (Fsp3) is 0.250. The van der Waals surface area contributed by atoms with Crippen molar-refractivity contribution < 1.29 is 12.6 Å². The lowest BCUT2D eigenvalue weighted by Crippen LogP contribution is -2.15. The summed E-state index contributed by atoms with van der Waals surface area (Å²) in [6.07, 6.45) is 1.44. The minimum Gasteiger partial charge on any atom is -0.270 e. The van der Waals surface area contributed by atoms with Gasteiger partial charge in [-0.25, -0.2) is 0 Å². The first-order chi connectivity index (χ1) is 11.2. The van der Waals surface area contributed by atoms with Crippen molar-refractivity contribution in [1.29, 1.82) is 0 Å². The molecule has 24 heavy (non-hydrogen) atoms. The van der Waals surface area contributed by atoms with Crippen LogP contribution in [0.4, 0.5) is 0 Å². The second kappa shape index (κ2) is 8.26. The van der Waals surface area contributed by atoms with Gasteiger partial charge in [-0.3, -0.25) is 4.18 Å². The number of hydrogen-bond acceptors (Lipinski definition) is 3. The predicted octanol–water partition coefficient (Wildman–Crippen LogP) is 5.60. The van der Waals surface area contributed by atoms with Gasteiger partial charge in [-0.2, -0.15) is 8.42 Å². The molecule has 0 bridgehead atoms. The predicted molar refractivity (Wildman–Crippen MR) is 100 cm³/mol. The maximum atomic E-state index is 11.4. The fourth-order valence-corrected chi connectivity index (χ4v) is 3.71. The van der Waals surface area contributed by atoms with E-state index in [1.165, 1.54) is 0 Å². The Morgan fingerprint density at radius 3 is 2.08 bits per heavy atom. The van der Waals surface area contributed by atoms with Crippen LogP contribution in [0.25, 0.3) is 0 Å². The second-order valence-electron chi connectivity index (χ2n) is 5.29. The molecular formula is C16H14Cl4O3S. The molecule has 1 atom stereocenters. The van der Waals surface area contributed by atoms with Gasteiger partial charge in [-0.1, -0.05) is 58.5 Å².